The topological polar surface area (TPSA) is 118 Å². The maximum absolute atomic E-state index is 13.7. The second kappa shape index (κ2) is 12.6. The zero-order chi connectivity index (χ0) is 32.7. The highest BCUT2D eigenvalue weighted by Crippen LogP contribution is 2.52. The number of aromatic nitrogens is 2. The second-order valence-corrected chi connectivity index (χ2v) is 12.5. The van der Waals surface area contributed by atoms with Crippen molar-refractivity contribution in [2.45, 2.75) is 32.8 Å². The number of nitrogens with zero attached hydrogens (tertiary/aromatic N) is 4. The number of hydrazone groups is 1. The first-order valence-corrected chi connectivity index (χ1v) is 16.0. The summed E-state index contributed by atoms with van der Waals surface area (Å²) in [6, 6.07) is 13.3. The average molecular weight is 672 g/mol. The SMILES string of the molecule is COc1c(/C=N/NC(=O)c2sc3nc(C)cc(C)c3c2-n2cccc2)c(CC2CC(c3ccc(Cl)cc3)=NO2)c(OC)c2c1OCO2. The zero-order valence-electron chi connectivity index (χ0n) is 26.0. The Kier molecular flexibility index (Phi) is 8.21. The number of oxime groups is 1. The summed E-state index contributed by atoms with van der Waals surface area (Å²) < 4.78 is 25.1. The summed E-state index contributed by atoms with van der Waals surface area (Å²) in [4.78, 5) is 25.6. The van der Waals surface area contributed by atoms with Crippen molar-refractivity contribution in [1.29, 1.82) is 0 Å². The summed E-state index contributed by atoms with van der Waals surface area (Å²) in [5.74, 6) is 1.30. The van der Waals surface area contributed by atoms with Crippen molar-refractivity contribution in [2.24, 2.45) is 10.3 Å². The highest BCUT2D eigenvalue weighted by molar-refractivity contribution is 7.21. The van der Waals surface area contributed by atoms with E-state index in [2.05, 4.69) is 15.7 Å². The molecule has 0 spiro atoms. The van der Waals surface area contributed by atoms with Gasteiger partial charge in [0.15, 0.2) is 11.5 Å². The molecule has 2 aliphatic heterocycles. The van der Waals surface area contributed by atoms with Crippen LogP contribution in [0.1, 0.15) is 44.0 Å². The number of carbonyl (C=O) groups excluding carboxylic acids is 1. The van der Waals surface area contributed by atoms with Gasteiger partial charge in [-0.25, -0.2) is 10.4 Å². The lowest BCUT2D eigenvalue weighted by atomic mass is 9.95. The van der Waals surface area contributed by atoms with Crippen LogP contribution in [0.4, 0.5) is 0 Å². The summed E-state index contributed by atoms with van der Waals surface area (Å²) >= 11 is 7.40. The van der Waals surface area contributed by atoms with E-state index in [-0.39, 0.29) is 18.8 Å². The van der Waals surface area contributed by atoms with Crippen LogP contribution in [0.5, 0.6) is 23.0 Å². The molecule has 0 radical (unpaired) electrons. The molecule has 11 nitrogen and oxygen atoms in total. The number of pyridine rings is 1. The van der Waals surface area contributed by atoms with E-state index >= 15 is 0 Å². The molecule has 0 saturated carbocycles. The Morgan fingerprint density at radius 2 is 1.85 bits per heavy atom. The predicted octanol–water partition coefficient (Wildman–Crippen LogP) is 6.60. The number of halogens is 1. The first-order chi connectivity index (χ1) is 22.9. The number of nitrogens with one attached hydrogen (secondary N) is 1. The van der Waals surface area contributed by atoms with Crippen LogP contribution in [-0.2, 0) is 11.3 Å². The van der Waals surface area contributed by atoms with Crippen molar-refractivity contribution in [1.82, 2.24) is 15.0 Å². The minimum absolute atomic E-state index is 0.00358. The Morgan fingerprint density at radius 3 is 2.57 bits per heavy atom. The van der Waals surface area contributed by atoms with E-state index < -0.39 is 0 Å². The maximum atomic E-state index is 13.7. The van der Waals surface area contributed by atoms with Crippen molar-refractivity contribution in [2.75, 3.05) is 21.0 Å². The number of hydrogen-bond acceptors (Lipinski definition) is 10. The van der Waals surface area contributed by atoms with E-state index in [1.54, 1.807) is 7.11 Å². The Hall–Kier alpha value is -5.07. The third-order valence-corrected chi connectivity index (χ3v) is 9.33. The van der Waals surface area contributed by atoms with Gasteiger partial charge in [-0.1, -0.05) is 28.9 Å². The maximum Gasteiger partial charge on any atom is 0.283 e. The van der Waals surface area contributed by atoms with Crippen molar-refractivity contribution >= 4 is 51.0 Å². The lowest BCUT2D eigenvalue weighted by Crippen LogP contribution is -2.19. The average Bonchev–Trinajstić information content (AvgIpc) is 3.88. The minimum Gasteiger partial charge on any atom is -0.492 e. The molecule has 3 aromatic heterocycles. The molecule has 7 rings (SSSR count). The van der Waals surface area contributed by atoms with Gasteiger partial charge in [0.2, 0.25) is 18.3 Å². The summed E-state index contributed by atoms with van der Waals surface area (Å²) in [6.07, 6.45) is 5.96. The number of hydrogen-bond donors (Lipinski definition) is 1. The van der Waals surface area contributed by atoms with E-state index in [0.717, 1.165) is 38.4 Å². The third-order valence-electron chi connectivity index (χ3n) is 8.01. The van der Waals surface area contributed by atoms with Gasteiger partial charge in [0.25, 0.3) is 5.91 Å². The first kappa shape index (κ1) is 30.6. The van der Waals surface area contributed by atoms with Crippen LogP contribution in [-0.4, -0.2) is 54.5 Å². The Balaban J connectivity index is 1.22. The molecule has 1 amide bonds. The van der Waals surface area contributed by atoms with E-state index in [9.17, 15) is 4.79 Å². The number of carbonyl (C=O) groups is 1. The molecule has 1 unspecified atom stereocenters. The highest BCUT2D eigenvalue weighted by atomic mass is 35.5. The molecule has 240 valence electrons. The molecule has 1 atom stereocenters. The third kappa shape index (κ3) is 5.63. The number of benzene rings is 2. The molecule has 0 saturated heterocycles. The van der Waals surface area contributed by atoms with Crippen LogP contribution in [0.15, 0.2) is 65.1 Å². The van der Waals surface area contributed by atoms with Crippen molar-refractivity contribution in [3.8, 4) is 28.7 Å². The van der Waals surface area contributed by atoms with Gasteiger partial charge in [0.1, 0.15) is 15.8 Å². The zero-order valence-corrected chi connectivity index (χ0v) is 27.6. The highest BCUT2D eigenvalue weighted by Gasteiger charge is 2.34. The van der Waals surface area contributed by atoms with Crippen LogP contribution >= 0.6 is 22.9 Å². The smallest absolute Gasteiger partial charge is 0.283 e. The molecule has 0 bridgehead atoms. The summed E-state index contributed by atoms with van der Waals surface area (Å²) in [6.45, 7) is 3.97. The first-order valence-electron chi connectivity index (χ1n) is 14.8. The summed E-state index contributed by atoms with van der Waals surface area (Å²) in [7, 11) is 3.10. The van der Waals surface area contributed by atoms with E-state index in [1.165, 1.54) is 24.7 Å². The molecule has 2 aliphatic rings. The number of amides is 1. The standard InChI is InChI=1S/C34H30ClN5O6S/c1-18-13-19(2)37-34-26(18)27(40-11-5-6-12-40)32(47-34)33(41)38-36-16-24-23(28(42-3)30-31(29(24)43-4)45-17-44-30)14-22-15-25(39-46-22)20-7-9-21(35)10-8-20/h5-13,16,22H,14-15,17H2,1-4H3,(H,38,41)/b36-16+. The van der Waals surface area contributed by atoms with Crippen LogP contribution in [0, 0.1) is 13.8 Å². The van der Waals surface area contributed by atoms with Gasteiger partial charge >= 0.3 is 0 Å². The molecule has 1 N–H and O–H groups in total. The van der Waals surface area contributed by atoms with Gasteiger partial charge in [-0.05, 0) is 55.3 Å². The number of aryl methyl sites for hydroxylation is 2. The number of fused-ring (bicyclic) bond motifs is 2. The minimum atomic E-state index is -0.377. The summed E-state index contributed by atoms with van der Waals surface area (Å²) in [5, 5.41) is 10.3. The van der Waals surface area contributed by atoms with Gasteiger partial charge in [0.05, 0.1) is 31.8 Å². The molecule has 0 aliphatic carbocycles. The Bertz CT molecular complexity index is 2060. The molecule has 5 aromatic rings. The lowest BCUT2D eigenvalue weighted by Gasteiger charge is -2.19. The molecular weight excluding hydrogens is 642 g/mol. The van der Waals surface area contributed by atoms with Crippen LogP contribution in [0.2, 0.25) is 5.02 Å². The van der Waals surface area contributed by atoms with Crippen molar-refractivity contribution in [3.63, 3.8) is 0 Å². The van der Waals surface area contributed by atoms with Gasteiger partial charge < -0.3 is 28.4 Å². The predicted molar refractivity (Wildman–Crippen MR) is 180 cm³/mol. The molecule has 0 fully saturated rings. The van der Waals surface area contributed by atoms with Gasteiger partial charge in [-0.2, -0.15) is 5.10 Å². The fourth-order valence-electron chi connectivity index (χ4n) is 5.98. The van der Waals surface area contributed by atoms with Crippen molar-refractivity contribution in [3.05, 3.63) is 92.7 Å². The van der Waals surface area contributed by atoms with Crippen LogP contribution < -0.4 is 24.4 Å². The molecule has 47 heavy (non-hydrogen) atoms. The van der Waals surface area contributed by atoms with E-state index in [0.29, 0.717) is 56.9 Å². The van der Waals surface area contributed by atoms with E-state index in [4.69, 9.17) is 40.4 Å². The quantitative estimate of drug-likeness (QED) is 0.139. The van der Waals surface area contributed by atoms with Crippen LogP contribution in [0.25, 0.3) is 15.9 Å². The normalized spacial score (nSPS) is 15.3. The fourth-order valence-corrected chi connectivity index (χ4v) is 7.29. The Morgan fingerprint density at radius 1 is 1.13 bits per heavy atom. The molecule has 5 heterocycles. The van der Waals surface area contributed by atoms with Crippen molar-refractivity contribution < 1.29 is 28.6 Å². The van der Waals surface area contributed by atoms with Crippen LogP contribution in [0.3, 0.4) is 0 Å². The largest absolute Gasteiger partial charge is 0.492 e. The monoisotopic (exact) mass is 671 g/mol. The number of methoxy groups -OCH3 is 2. The number of rotatable bonds is 9. The summed E-state index contributed by atoms with van der Waals surface area (Å²) in [5.41, 5.74) is 8.38. The lowest BCUT2D eigenvalue weighted by molar-refractivity contribution is 0.0853. The molecule has 13 heteroatoms. The molecular formula is C34H30ClN5O6S. The van der Waals surface area contributed by atoms with Gasteiger partial charge in [0, 0.05) is 52.5 Å². The number of thiophene rings is 1. The number of ether oxygens (including phenoxy) is 4. The van der Waals surface area contributed by atoms with Gasteiger partial charge in [-0.3, -0.25) is 4.79 Å². The molecule has 2 aromatic carbocycles. The second-order valence-electron chi connectivity index (χ2n) is 11.0. The Labute approximate surface area is 279 Å². The van der Waals surface area contributed by atoms with E-state index in [1.807, 2.05) is 73.3 Å². The fraction of sp³-hybridized carbons (Fsp3) is 0.235. The van der Waals surface area contributed by atoms with Gasteiger partial charge in [-0.15, -0.1) is 11.3 Å².